The van der Waals surface area contributed by atoms with Crippen molar-refractivity contribution >= 4 is 32.6 Å². The van der Waals surface area contributed by atoms with Gasteiger partial charge in [0.1, 0.15) is 12.7 Å². The highest BCUT2D eigenvalue weighted by Gasteiger charge is 2.10. The van der Waals surface area contributed by atoms with E-state index >= 15 is 0 Å². The highest BCUT2D eigenvalue weighted by molar-refractivity contribution is 7.22. The maximum absolute atomic E-state index is 12.4. The predicted octanol–water partition coefficient (Wildman–Crippen LogP) is 3.69. The van der Waals surface area contributed by atoms with Crippen LogP contribution in [-0.4, -0.2) is 25.7 Å². The first-order valence-corrected chi connectivity index (χ1v) is 8.70. The van der Waals surface area contributed by atoms with Crippen LogP contribution in [0.15, 0.2) is 55.1 Å². The molecule has 0 aliphatic heterocycles. The number of carbonyl (C=O) groups is 1. The number of aryl methyl sites for hydroxylation is 1. The minimum absolute atomic E-state index is 0.181. The normalized spacial score (nSPS) is 10.9. The largest absolute Gasteiger partial charge is 0.298 e. The molecule has 0 aliphatic carbocycles. The van der Waals surface area contributed by atoms with E-state index in [2.05, 4.69) is 39.4 Å². The first-order valence-electron chi connectivity index (χ1n) is 7.89. The standard InChI is InChI=1S/C18H15N5OS/c1-2-12-3-8-15-16(9-12)25-18(21-15)22-17(24)13-4-6-14(7-5-13)23-11-19-10-20-23/h3-11H,2H2,1H3,(H,21,22,24). The molecule has 0 bridgehead atoms. The molecule has 2 aromatic carbocycles. The SMILES string of the molecule is CCc1ccc2nc(NC(=O)c3ccc(-n4cncn4)cc3)sc2c1. The number of hydrogen-bond acceptors (Lipinski definition) is 5. The quantitative estimate of drug-likeness (QED) is 0.610. The minimum atomic E-state index is -0.181. The Labute approximate surface area is 148 Å². The Morgan fingerprint density at radius 3 is 2.76 bits per heavy atom. The van der Waals surface area contributed by atoms with Gasteiger partial charge in [-0.15, -0.1) is 0 Å². The summed E-state index contributed by atoms with van der Waals surface area (Å²) in [5, 5.41) is 7.54. The van der Waals surface area contributed by atoms with Crippen molar-refractivity contribution in [1.82, 2.24) is 19.7 Å². The first kappa shape index (κ1) is 15.5. The van der Waals surface area contributed by atoms with Crippen LogP contribution in [0, 0.1) is 0 Å². The molecule has 25 heavy (non-hydrogen) atoms. The van der Waals surface area contributed by atoms with Gasteiger partial charge in [0, 0.05) is 5.56 Å². The lowest BCUT2D eigenvalue weighted by Gasteiger charge is -2.03. The molecule has 0 saturated carbocycles. The van der Waals surface area contributed by atoms with Gasteiger partial charge in [0.15, 0.2) is 5.13 Å². The Hall–Kier alpha value is -3.06. The summed E-state index contributed by atoms with van der Waals surface area (Å²) in [6, 6.07) is 13.4. The Kier molecular flexibility index (Phi) is 3.99. The van der Waals surface area contributed by atoms with Gasteiger partial charge in [-0.25, -0.2) is 14.6 Å². The summed E-state index contributed by atoms with van der Waals surface area (Å²) in [6.45, 7) is 2.12. The van der Waals surface area contributed by atoms with E-state index in [4.69, 9.17) is 0 Å². The molecular formula is C18H15N5OS. The van der Waals surface area contributed by atoms with Gasteiger partial charge in [0.25, 0.3) is 5.91 Å². The van der Waals surface area contributed by atoms with Crippen LogP contribution in [0.5, 0.6) is 0 Å². The van der Waals surface area contributed by atoms with Gasteiger partial charge in [-0.3, -0.25) is 10.1 Å². The van der Waals surface area contributed by atoms with E-state index in [-0.39, 0.29) is 5.91 Å². The van der Waals surface area contributed by atoms with Gasteiger partial charge in [-0.05, 0) is 48.4 Å². The van der Waals surface area contributed by atoms with Gasteiger partial charge in [-0.2, -0.15) is 5.10 Å². The fourth-order valence-electron chi connectivity index (χ4n) is 2.52. The second-order valence-electron chi connectivity index (χ2n) is 5.52. The summed E-state index contributed by atoms with van der Waals surface area (Å²) in [6.07, 6.45) is 4.06. The van der Waals surface area contributed by atoms with Crippen molar-refractivity contribution in [3.63, 3.8) is 0 Å². The molecule has 2 heterocycles. The average molecular weight is 349 g/mol. The van der Waals surface area contributed by atoms with Crippen LogP contribution in [0.2, 0.25) is 0 Å². The van der Waals surface area contributed by atoms with E-state index in [0.717, 1.165) is 22.3 Å². The Balaban J connectivity index is 1.53. The fourth-order valence-corrected chi connectivity index (χ4v) is 3.44. The molecule has 0 fully saturated rings. The number of carbonyl (C=O) groups excluding carboxylic acids is 1. The molecular weight excluding hydrogens is 334 g/mol. The number of nitrogens with zero attached hydrogens (tertiary/aromatic N) is 4. The zero-order chi connectivity index (χ0) is 17.2. The number of anilines is 1. The third-order valence-corrected chi connectivity index (χ3v) is 4.83. The summed E-state index contributed by atoms with van der Waals surface area (Å²) in [7, 11) is 0. The highest BCUT2D eigenvalue weighted by Crippen LogP contribution is 2.27. The second kappa shape index (κ2) is 6.45. The van der Waals surface area contributed by atoms with E-state index in [1.165, 1.54) is 23.2 Å². The number of benzene rings is 2. The van der Waals surface area contributed by atoms with Crippen LogP contribution in [0.3, 0.4) is 0 Å². The van der Waals surface area contributed by atoms with Crippen LogP contribution in [0.25, 0.3) is 15.9 Å². The summed E-state index contributed by atoms with van der Waals surface area (Å²) in [5.74, 6) is -0.181. The zero-order valence-corrected chi connectivity index (χ0v) is 14.3. The summed E-state index contributed by atoms with van der Waals surface area (Å²) < 4.78 is 2.72. The van der Waals surface area contributed by atoms with Crippen LogP contribution < -0.4 is 5.32 Å². The monoisotopic (exact) mass is 349 g/mol. The molecule has 7 heteroatoms. The number of fused-ring (bicyclic) bond motifs is 1. The van der Waals surface area contributed by atoms with Crippen LogP contribution in [-0.2, 0) is 6.42 Å². The second-order valence-corrected chi connectivity index (χ2v) is 6.55. The number of amides is 1. The fraction of sp³-hybridized carbons (Fsp3) is 0.111. The molecule has 2 aromatic heterocycles. The smallest absolute Gasteiger partial charge is 0.257 e. The number of nitrogens with one attached hydrogen (secondary N) is 1. The minimum Gasteiger partial charge on any atom is -0.298 e. The molecule has 0 unspecified atom stereocenters. The van der Waals surface area contributed by atoms with Gasteiger partial charge in [0.2, 0.25) is 0 Å². The van der Waals surface area contributed by atoms with E-state index in [1.54, 1.807) is 23.1 Å². The third-order valence-electron chi connectivity index (χ3n) is 3.89. The van der Waals surface area contributed by atoms with Gasteiger partial charge < -0.3 is 0 Å². The molecule has 0 spiro atoms. The van der Waals surface area contributed by atoms with Gasteiger partial charge in [0.05, 0.1) is 15.9 Å². The Morgan fingerprint density at radius 2 is 2.04 bits per heavy atom. The first-order chi connectivity index (χ1) is 12.2. The van der Waals surface area contributed by atoms with Crippen molar-refractivity contribution in [2.75, 3.05) is 5.32 Å². The molecule has 124 valence electrons. The number of thiazole rings is 1. The zero-order valence-electron chi connectivity index (χ0n) is 13.5. The number of rotatable bonds is 4. The number of hydrogen-bond donors (Lipinski definition) is 1. The lowest BCUT2D eigenvalue weighted by atomic mass is 10.2. The maximum Gasteiger partial charge on any atom is 0.257 e. The third kappa shape index (κ3) is 3.14. The molecule has 4 aromatic rings. The molecule has 4 rings (SSSR count). The molecule has 0 aliphatic rings. The topological polar surface area (TPSA) is 72.7 Å². The van der Waals surface area contributed by atoms with E-state index in [9.17, 15) is 4.79 Å². The summed E-state index contributed by atoms with van der Waals surface area (Å²) in [5.41, 5.74) is 3.58. The lowest BCUT2D eigenvalue weighted by Crippen LogP contribution is -2.11. The molecule has 1 N–H and O–H groups in total. The molecule has 1 amide bonds. The highest BCUT2D eigenvalue weighted by atomic mass is 32.1. The molecule has 0 atom stereocenters. The Bertz CT molecular complexity index is 1020. The number of aromatic nitrogens is 4. The van der Waals surface area contributed by atoms with Crippen LogP contribution >= 0.6 is 11.3 Å². The van der Waals surface area contributed by atoms with Crippen LogP contribution in [0.4, 0.5) is 5.13 Å². The maximum atomic E-state index is 12.4. The van der Waals surface area contributed by atoms with Crippen molar-refractivity contribution in [2.45, 2.75) is 13.3 Å². The summed E-state index contributed by atoms with van der Waals surface area (Å²) >= 11 is 1.49. The Morgan fingerprint density at radius 1 is 1.20 bits per heavy atom. The van der Waals surface area contributed by atoms with E-state index in [0.29, 0.717) is 10.7 Å². The van der Waals surface area contributed by atoms with Crippen molar-refractivity contribution in [3.8, 4) is 5.69 Å². The van der Waals surface area contributed by atoms with E-state index in [1.807, 2.05) is 18.2 Å². The van der Waals surface area contributed by atoms with Crippen molar-refractivity contribution < 1.29 is 4.79 Å². The predicted molar refractivity (Wildman–Crippen MR) is 98.3 cm³/mol. The molecule has 6 nitrogen and oxygen atoms in total. The van der Waals surface area contributed by atoms with Gasteiger partial charge in [-0.1, -0.05) is 24.3 Å². The van der Waals surface area contributed by atoms with Crippen molar-refractivity contribution in [3.05, 3.63) is 66.2 Å². The van der Waals surface area contributed by atoms with E-state index < -0.39 is 0 Å². The van der Waals surface area contributed by atoms with Crippen LogP contribution in [0.1, 0.15) is 22.8 Å². The van der Waals surface area contributed by atoms with Gasteiger partial charge >= 0.3 is 0 Å². The molecule has 0 radical (unpaired) electrons. The molecule has 0 saturated heterocycles. The van der Waals surface area contributed by atoms with Crippen molar-refractivity contribution in [1.29, 1.82) is 0 Å². The van der Waals surface area contributed by atoms with Crippen molar-refractivity contribution in [2.24, 2.45) is 0 Å². The lowest BCUT2D eigenvalue weighted by molar-refractivity contribution is 0.102. The summed E-state index contributed by atoms with van der Waals surface area (Å²) in [4.78, 5) is 20.8. The average Bonchev–Trinajstić information content (AvgIpc) is 3.30.